The SMILES string of the molecule is CCn1cccc1CNCC(O)C1CC1. The summed E-state index contributed by atoms with van der Waals surface area (Å²) in [6.45, 7) is 4.72. The Morgan fingerprint density at radius 2 is 2.40 bits per heavy atom. The van der Waals surface area contributed by atoms with Gasteiger partial charge < -0.3 is 15.0 Å². The average Bonchev–Trinajstić information content (AvgIpc) is 2.99. The quantitative estimate of drug-likeness (QED) is 0.741. The summed E-state index contributed by atoms with van der Waals surface area (Å²) in [6.07, 6.45) is 4.35. The maximum atomic E-state index is 9.67. The van der Waals surface area contributed by atoms with Gasteiger partial charge >= 0.3 is 0 Å². The van der Waals surface area contributed by atoms with Crippen molar-refractivity contribution in [3.05, 3.63) is 24.0 Å². The highest BCUT2D eigenvalue weighted by Crippen LogP contribution is 2.32. The van der Waals surface area contributed by atoms with Crippen LogP contribution in [0.2, 0.25) is 0 Å². The second-order valence-electron chi connectivity index (χ2n) is 4.32. The molecule has 3 nitrogen and oxygen atoms in total. The number of aromatic nitrogens is 1. The number of aliphatic hydroxyl groups excluding tert-OH is 1. The van der Waals surface area contributed by atoms with Gasteiger partial charge in [-0.1, -0.05) is 0 Å². The molecule has 1 atom stereocenters. The van der Waals surface area contributed by atoms with Crippen molar-refractivity contribution in [2.45, 2.75) is 39.0 Å². The number of hydrogen-bond acceptors (Lipinski definition) is 2. The zero-order chi connectivity index (χ0) is 10.7. The zero-order valence-corrected chi connectivity index (χ0v) is 9.32. The first kappa shape index (κ1) is 10.7. The Hall–Kier alpha value is -0.800. The molecule has 15 heavy (non-hydrogen) atoms. The van der Waals surface area contributed by atoms with Crippen molar-refractivity contribution < 1.29 is 5.11 Å². The molecule has 1 heterocycles. The van der Waals surface area contributed by atoms with Crippen molar-refractivity contribution in [2.75, 3.05) is 6.54 Å². The highest BCUT2D eigenvalue weighted by Gasteiger charge is 2.29. The minimum atomic E-state index is -0.143. The summed E-state index contributed by atoms with van der Waals surface area (Å²) in [7, 11) is 0. The molecule has 0 spiro atoms. The van der Waals surface area contributed by atoms with Crippen LogP contribution in [0.25, 0.3) is 0 Å². The van der Waals surface area contributed by atoms with E-state index in [4.69, 9.17) is 0 Å². The second-order valence-corrected chi connectivity index (χ2v) is 4.32. The number of rotatable bonds is 6. The van der Waals surface area contributed by atoms with Gasteiger partial charge in [-0.25, -0.2) is 0 Å². The third-order valence-electron chi connectivity index (χ3n) is 3.09. The van der Waals surface area contributed by atoms with Gasteiger partial charge in [-0.15, -0.1) is 0 Å². The van der Waals surface area contributed by atoms with Crippen LogP contribution in [0.4, 0.5) is 0 Å². The fourth-order valence-corrected chi connectivity index (χ4v) is 1.91. The van der Waals surface area contributed by atoms with Gasteiger partial charge in [0.1, 0.15) is 0 Å². The Kier molecular flexibility index (Phi) is 3.44. The van der Waals surface area contributed by atoms with Crippen molar-refractivity contribution in [3.63, 3.8) is 0 Å². The summed E-state index contributed by atoms with van der Waals surface area (Å²) >= 11 is 0. The molecule has 84 valence electrons. The highest BCUT2D eigenvalue weighted by atomic mass is 16.3. The standard InChI is InChI=1S/C12H20N2O/c1-2-14-7-3-4-11(14)8-13-9-12(15)10-5-6-10/h3-4,7,10,12-13,15H,2,5-6,8-9H2,1H3. The van der Waals surface area contributed by atoms with Crippen LogP contribution in [-0.4, -0.2) is 22.3 Å². The maximum absolute atomic E-state index is 9.67. The molecule has 1 fully saturated rings. The third kappa shape index (κ3) is 2.83. The molecule has 0 amide bonds. The van der Waals surface area contributed by atoms with E-state index in [2.05, 4.69) is 35.1 Å². The van der Waals surface area contributed by atoms with E-state index in [1.165, 1.54) is 18.5 Å². The Bertz CT molecular complexity index is 304. The summed E-state index contributed by atoms with van der Waals surface area (Å²) in [5.74, 6) is 0.565. The topological polar surface area (TPSA) is 37.2 Å². The van der Waals surface area contributed by atoms with Gasteiger partial charge in [0, 0.05) is 31.5 Å². The second kappa shape index (κ2) is 4.81. The van der Waals surface area contributed by atoms with Gasteiger partial charge in [0.25, 0.3) is 0 Å². The Morgan fingerprint density at radius 3 is 3.07 bits per heavy atom. The van der Waals surface area contributed by atoms with Gasteiger partial charge in [-0.3, -0.25) is 0 Å². The minimum absolute atomic E-state index is 0.143. The van der Waals surface area contributed by atoms with Crippen molar-refractivity contribution >= 4 is 0 Å². The van der Waals surface area contributed by atoms with Crippen molar-refractivity contribution in [2.24, 2.45) is 5.92 Å². The lowest BCUT2D eigenvalue weighted by Crippen LogP contribution is -2.28. The molecule has 2 N–H and O–H groups in total. The molecule has 3 heteroatoms. The van der Waals surface area contributed by atoms with E-state index in [-0.39, 0.29) is 6.10 Å². The number of aryl methyl sites for hydroxylation is 1. The van der Waals surface area contributed by atoms with Crippen LogP contribution in [-0.2, 0) is 13.1 Å². The fraction of sp³-hybridized carbons (Fsp3) is 0.667. The van der Waals surface area contributed by atoms with Crippen LogP contribution in [0.5, 0.6) is 0 Å². The van der Waals surface area contributed by atoms with E-state index in [0.29, 0.717) is 5.92 Å². The smallest absolute Gasteiger partial charge is 0.0692 e. The normalized spacial score (nSPS) is 18.0. The molecule has 1 unspecified atom stereocenters. The lowest BCUT2D eigenvalue weighted by molar-refractivity contribution is 0.148. The lowest BCUT2D eigenvalue weighted by atomic mass is 10.2. The summed E-state index contributed by atoms with van der Waals surface area (Å²) in [5.41, 5.74) is 1.29. The molecule has 2 rings (SSSR count). The molecule has 1 aliphatic rings. The molecule has 1 saturated carbocycles. The molecule has 0 aromatic carbocycles. The first-order valence-corrected chi connectivity index (χ1v) is 5.84. The first-order chi connectivity index (χ1) is 7.31. The third-order valence-corrected chi connectivity index (χ3v) is 3.09. The minimum Gasteiger partial charge on any atom is -0.392 e. The summed E-state index contributed by atoms with van der Waals surface area (Å²) in [5, 5.41) is 13.0. The van der Waals surface area contributed by atoms with Crippen LogP contribution in [0, 0.1) is 5.92 Å². The molecule has 0 aliphatic heterocycles. The fourth-order valence-electron chi connectivity index (χ4n) is 1.91. The molecule has 0 bridgehead atoms. The van der Waals surface area contributed by atoms with Crippen LogP contribution in [0.1, 0.15) is 25.5 Å². The van der Waals surface area contributed by atoms with Crippen molar-refractivity contribution in [1.82, 2.24) is 9.88 Å². The predicted octanol–water partition coefficient (Wildman–Crippen LogP) is 1.37. The molecule has 0 saturated heterocycles. The Morgan fingerprint density at radius 1 is 1.60 bits per heavy atom. The van der Waals surface area contributed by atoms with Crippen LogP contribution in [0.3, 0.4) is 0 Å². The average molecular weight is 208 g/mol. The summed E-state index contributed by atoms with van der Waals surface area (Å²) < 4.78 is 2.22. The highest BCUT2D eigenvalue weighted by molar-refractivity contribution is 5.06. The molecule has 1 aromatic heterocycles. The zero-order valence-electron chi connectivity index (χ0n) is 9.32. The van der Waals surface area contributed by atoms with E-state index in [1.54, 1.807) is 0 Å². The van der Waals surface area contributed by atoms with Gasteiger partial charge in [-0.05, 0) is 37.8 Å². The van der Waals surface area contributed by atoms with E-state index >= 15 is 0 Å². The van der Waals surface area contributed by atoms with Gasteiger partial charge in [0.05, 0.1) is 6.10 Å². The summed E-state index contributed by atoms with van der Waals surface area (Å²) in [6, 6.07) is 4.19. The van der Waals surface area contributed by atoms with E-state index in [1.807, 2.05) is 0 Å². The van der Waals surface area contributed by atoms with Gasteiger partial charge in [0.2, 0.25) is 0 Å². The van der Waals surface area contributed by atoms with Crippen molar-refractivity contribution in [3.8, 4) is 0 Å². The predicted molar refractivity (Wildman–Crippen MR) is 60.5 cm³/mol. The molecule has 0 radical (unpaired) electrons. The molecule has 1 aromatic rings. The van der Waals surface area contributed by atoms with Crippen molar-refractivity contribution in [1.29, 1.82) is 0 Å². The monoisotopic (exact) mass is 208 g/mol. The van der Waals surface area contributed by atoms with Gasteiger partial charge in [0.15, 0.2) is 0 Å². The lowest BCUT2D eigenvalue weighted by Gasteiger charge is -2.11. The van der Waals surface area contributed by atoms with Crippen LogP contribution >= 0.6 is 0 Å². The number of nitrogens with zero attached hydrogens (tertiary/aromatic N) is 1. The molecular weight excluding hydrogens is 188 g/mol. The van der Waals surface area contributed by atoms with Crippen LogP contribution in [0.15, 0.2) is 18.3 Å². The Labute approximate surface area is 91.1 Å². The largest absolute Gasteiger partial charge is 0.392 e. The number of nitrogens with one attached hydrogen (secondary N) is 1. The van der Waals surface area contributed by atoms with Gasteiger partial charge in [-0.2, -0.15) is 0 Å². The number of hydrogen-bond donors (Lipinski definition) is 2. The Balaban J connectivity index is 1.72. The summed E-state index contributed by atoms with van der Waals surface area (Å²) in [4.78, 5) is 0. The van der Waals surface area contributed by atoms with E-state index < -0.39 is 0 Å². The van der Waals surface area contributed by atoms with E-state index in [9.17, 15) is 5.11 Å². The first-order valence-electron chi connectivity index (χ1n) is 5.84. The number of aliphatic hydroxyl groups is 1. The molecule has 1 aliphatic carbocycles. The van der Waals surface area contributed by atoms with Crippen LogP contribution < -0.4 is 5.32 Å². The molecular formula is C12H20N2O. The maximum Gasteiger partial charge on any atom is 0.0692 e. The van der Waals surface area contributed by atoms with E-state index in [0.717, 1.165) is 19.6 Å².